The zero-order chi connectivity index (χ0) is 28.6. The third kappa shape index (κ3) is 5.66. The molecular formula is C29H28N4O5S2. The Bertz CT molecular complexity index is 1780. The molecule has 0 radical (unpaired) electrons. The number of benzene rings is 1. The van der Waals surface area contributed by atoms with E-state index < -0.39 is 12.0 Å². The van der Waals surface area contributed by atoms with Crippen molar-refractivity contribution < 1.29 is 18.7 Å². The summed E-state index contributed by atoms with van der Waals surface area (Å²) in [6, 6.07) is 12.1. The molecule has 11 heteroatoms. The van der Waals surface area contributed by atoms with Crippen molar-refractivity contribution in [2.75, 3.05) is 7.11 Å². The van der Waals surface area contributed by atoms with Gasteiger partial charge in [0, 0.05) is 17.5 Å². The minimum Gasteiger partial charge on any atom is -0.497 e. The molecule has 0 saturated heterocycles. The molecule has 3 aromatic heterocycles. The van der Waals surface area contributed by atoms with Gasteiger partial charge in [0.25, 0.3) is 5.56 Å². The van der Waals surface area contributed by atoms with Crippen LogP contribution in [0, 0.1) is 13.8 Å². The Kier molecular flexibility index (Phi) is 7.77. The molecule has 1 atom stereocenters. The van der Waals surface area contributed by atoms with Gasteiger partial charge in [0.1, 0.15) is 11.5 Å². The van der Waals surface area contributed by atoms with Crippen LogP contribution in [-0.4, -0.2) is 33.7 Å². The van der Waals surface area contributed by atoms with Crippen LogP contribution in [0.3, 0.4) is 0 Å². The molecule has 0 aliphatic carbocycles. The van der Waals surface area contributed by atoms with Crippen LogP contribution in [0.5, 0.6) is 5.75 Å². The summed E-state index contributed by atoms with van der Waals surface area (Å²) in [5, 5.41) is 1.20. The minimum atomic E-state index is -0.708. The van der Waals surface area contributed by atoms with E-state index in [1.54, 1.807) is 56.7 Å². The quantitative estimate of drug-likeness (QED) is 0.236. The number of fused-ring (bicyclic) bond motifs is 1. The van der Waals surface area contributed by atoms with E-state index >= 15 is 0 Å². The second kappa shape index (κ2) is 11.3. The molecule has 40 heavy (non-hydrogen) atoms. The number of furan rings is 1. The summed E-state index contributed by atoms with van der Waals surface area (Å²) in [6.45, 7) is 9.17. The maximum absolute atomic E-state index is 13.8. The summed E-state index contributed by atoms with van der Waals surface area (Å²) in [6.07, 6.45) is 1.36. The van der Waals surface area contributed by atoms with E-state index in [2.05, 4.69) is 15.0 Å². The molecular weight excluding hydrogens is 548 g/mol. The van der Waals surface area contributed by atoms with Crippen LogP contribution in [0.15, 0.2) is 78.2 Å². The molecule has 4 heterocycles. The number of allylic oxidation sites excluding steroid dienone is 1. The first-order valence-corrected chi connectivity index (χ1v) is 14.2. The van der Waals surface area contributed by atoms with Crippen molar-refractivity contribution in [2.45, 2.75) is 57.0 Å². The number of nitrogens with zero attached hydrogens (tertiary/aromatic N) is 4. The van der Waals surface area contributed by atoms with Crippen molar-refractivity contribution in [3.05, 3.63) is 96.1 Å². The van der Waals surface area contributed by atoms with E-state index in [4.69, 9.17) is 13.9 Å². The van der Waals surface area contributed by atoms with Gasteiger partial charge in [0.2, 0.25) is 0 Å². The van der Waals surface area contributed by atoms with E-state index in [9.17, 15) is 9.59 Å². The van der Waals surface area contributed by atoms with E-state index in [0.717, 1.165) is 17.0 Å². The van der Waals surface area contributed by atoms with Crippen molar-refractivity contribution >= 4 is 35.1 Å². The van der Waals surface area contributed by atoms with Gasteiger partial charge in [-0.2, -0.15) is 0 Å². The molecule has 1 aliphatic heterocycles. The van der Waals surface area contributed by atoms with Gasteiger partial charge >= 0.3 is 5.97 Å². The number of rotatable bonds is 7. The molecule has 5 rings (SSSR count). The first-order valence-electron chi connectivity index (χ1n) is 12.6. The largest absolute Gasteiger partial charge is 0.497 e. The molecule has 9 nitrogen and oxygen atoms in total. The third-order valence-electron chi connectivity index (χ3n) is 6.05. The molecule has 0 fully saturated rings. The SMILES string of the molecule is COc1ccc([C@@H]2C(C(=O)OC(C)C)=C(C)N=c3s/c(=C/c4ccc(Sc5nc(C)cc(C)n5)o4)c(=O)n32)cc1. The Morgan fingerprint density at radius 2 is 1.80 bits per heavy atom. The highest BCUT2D eigenvalue weighted by Gasteiger charge is 2.33. The van der Waals surface area contributed by atoms with Gasteiger partial charge in [0.05, 0.1) is 35.1 Å². The highest BCUT2D eigenvalue weighted by Crippen LogP contribution is 2.32. The van der Waals surface area contributed by atoms with Crippen LogP contribution in [0.1, 0.15) is 49.5 Å². The topological polar surface area (TPSA) is 109 Å². The monoisotopic (exact) mass is 576 g/mol. The maximum atomic E-state index is 13.8. The zero-order valence-corrected chi connectivity index (χ0v) is 24.6. The summed E-state index contributed by atoms with van der Waals surface area (Å²) in [4.78, 5) is 41.0. The lowest BCUT2D eigenvalue weighted by atomic mass is 9.96. The number of carbonyl (C=O) groups excluding carboxylic acids is 1. The van der Waals surface area contributed by atoms with E-state index in [1.165, 1.54) is 23.1 Å². The van der Waals surface area contributed by atoms with E-state index in [1.807, 2.05) is 38.1 Å². The Labute approximate surface area is 238 Å². The predicted molar refractivity (Wildman–Crippen MR) is 152 cm³/mol. The Morgan fingerprint density at radius 3 is 2.45 bits per heavy atom. The molecule has 0 amide bonds. The molecule has 0 N–H and O–H groups in total. The maximum Gasteiger partial charge on any atom is 0.338 e. The Hall–Kier alpha value is -3.96. The van der Waals surface area contributed by atoms with Gasteiger partial charge in [-0.1, -0.05) is 23.5 Å². The van der Waals surface area contributed by atoms with Crippen molar-refractivity contribution in [3.8, 4) is 5.75 Å². The van der Waals surface area contributed by atoms with E-state index in [0.29, 0.717) is 42.4 Å². The fourth-order valence-corrected chi connectivity index (χ4v) is 6.25. The third-order valence-corrected chi connectivity index (χ3v) is 7.81. The average Bonchev–Trinajstić information content (AvgIpc) is 3.45. The fraction of sp³-hybridized carbons (Fsp3) is 0.276. The fourth-order valence-electron chi connectivity index (χ4n) is 4.39. The lowest BCUT2D eigenvalue weighted by molar-refractivity contribution is -0.143. The van der Waals surface area contributed by atoms with Gasteiger partial charge in [0.15, 0.2) is 15.1 Å². The first kappa shape index (κ1) is 27.6. The lowest BCUT2D eigenvalue weighted by Gasteiger charge is -2.25. The number of hydrogen-bond acceptors (Lipinski definition) is 10. The van der Waals surface area contributed by atoms with Crippen molar-refractivity contribution in [1.82, 2.24) is 14.5 Å². The first-order chi connectivity index (χ1) is 19.1. The summed E-state index contributed by atoms with van der Waals surface area (Å²) < 4.78 is 18.8. The number of hydrogen-bond donors (Lipinski definition) is 0. The normalized spacial score (nSPS) is 15.3. The second-order valence-electron chi connectivity index (χ2n) is 9.50. The van der Waals surface area contributed by atoms with Gasteiger partial charge in [-0.25, -0.2) is 19.8 Å². The Morgan fingerprint density at radius 1 is 1.10 bits per heavy atom. The molecule has 0 unspecified atom stereocenters. The van der Waals surface area contributed by atoms with Crippen LogP contribution >= 0.6 is 23.1 Å². The molecule has 0 saturated carbocycles. The standard InChI is InChI=1S/C29H28N4O5S2/c1-15(2)37-27(35)24-18(5)32-29-33(25(24)19-7-9-20(36-6)10-8-19)26(34)22(39-29)14-21-11-12-23(38-21)40-28-30-16(3)13-17(4)31-28/h7-15,25H,1-6H3/b22-14+/t25-/m1/s1. The molecule has 0 spiro atoms. The summed E-state index contributed by atoms with van der Waals surface area (Å²) in [5.41, 5.74) is 3.04. The van der Waals surface area contributed by atoms with E-state index in [-0.39, 0.29) is 11.7 Å². The number of methoxy groups -OCH3 is 1. The van der Waals surface area contributed by atoms with Crippen molar-refractivity contribution in [3.63, 3.8) is 0 Å². The predicted octanol–water partition coefficient (Wildman–Crippen LogP) is 4.35. The minimum absolute atomic E-state index is 0.282. The molecule has 1 aliphatic rings. The highest BCUT2D eigenvalue weighted by atomic mass is 32.2. The molecule has 1 aromatic carbocycles. The highest BCUT2D eigenvalue weighted by molar-refractivity contribution is 7.99. The Balaban J connectivity index is 1.56. The summed E-state index contributed by atoms with van der Waals surface area (Å²) in [7, 11) is 1.58. The van der Waals surface area contributed by atoms with Crippen LogP contribution < -0.4 is 19.6 Å². The van der Waals surface area contributed by atoms with Crippen molar-refractivity contribution in [2.24, 2.45) is 4.99 Å². The number of carbonyl (C=O) groups is 1. The molecule has 4 aromatic rings. The lowest BCUT2D eigenvalue weighted by Crippen LogP contribution is -2.40. The molecule has 206 valence electrons. The van der Waals surface area contributed by atoms with Gasteiger partial charge in [-0.15, -0.1) is 0 Å². The number of esters is 1. The number of ether oxygens (including phenoxy) is 2. The van der Waals surface area contributed by atoms with Crippen LogP contribution in [0.2, 0.25) is 0 Å². The van der Waals surface area contributed by atoms with Crippen LogP contribution in [0.4, 0.5) is 0 Å². The van der Waals surface area contributed by atoms with Crippen LogP contribution in [0.25, 0.3) is 6.08 Å². The smallest absolute Gasteiger partial charge is 0.338 e. The number of thiazole rings is 1. The zero-order valence-electron chi connectivity index (χ0n) is 22.9. The van der Waals surface area contributed by atoms with Gasteiger partial charge in [-0.3, -0.25) is 9.36 Å². The van der Waals surface area contributed by atoms with Gasteiger partial charge in [-0.05, 0) is 82.3 Å². The average molecular weight is 577 g/mol. The van der Waals surface area contributed by atoms with Gasteiger partial charge < -0.3 is 13.9 Å². The van der Waals surface area contributed by atoms with Crippen LogP contribution in [-0.2, 0) is 9.53 Å². The van der Waals surface area contributed by atoms with Crippen molar-refractivity contribution in [1.29, 1.82) is 0 Å². The number of aromatic nitrogens is 3. The summed E-state index contributed by atoms with van der Waals surface area (Å²) >= 11 is 2.55. The molecule has 0 bridgehead atoms. The second-order valence-corrected chi connectivity index (χ2v) is 11.5. The summed E-state index contributed by atoms with van der Waals surface area (Å²) in [5.74, 6) is 0.668. The number of aryl methyl sites for hydroxylation is 2.